The van der Waals surface area contributed by atoms with Gasteiger partial charge in [-0.3, -0.25) is 4.79 Å². The summed E-state index contributed by atoms with van der Waals surface area (Å²) in [6, 6.07) is 47.7. The van der Waals surface area contributed by atoms with Crippen molar-refractivity contribution in [3.8, 4) is 44.5 Å². The summed E-state index contributed by atoms with van der Waals surface area (Å²) in [5.74, 6) is -0.810. The van der Waals surface area contributed by atoms with Crippen LogP contribution in [0.5, 0.6) is 0 Å². The molecule has 0 saturated heterocycles. The van der Waals surface area contributed by atoms with E-state index in [-0.39, 0.29) is 12.5 Å². The topological polar surface area (TPSA) is 139 Å². The number of carbonyl (C=O) groups is 2. The molecule has 1 atom stereocenters. The zero-order valence-electron chi connectivity index (χ0n) is 39.9. The molecule has 5 aromatic carbocycles. The number of aromatic nitrogens is 4. The lowest BCUT2D eigenvalue weighted by Crippen LogP contribution is -2.42. The third-order valence-electron chi connectivity index (χ3n) is 12.9. The molecule has 3 aromatic heterocycles. The highest BCUT2D eigenvalue weighted by Gasteiger charge is 2.26. The lowest BCUT2D eigenvalue weighted by molar-refractivity contribution is -0.147. The Morgan fingerprint density at radius 3 is 1.43 bits per heavy atom. The quantitative estimate of drug-likeness (QED) is 0.0753. The predicted octanol–water partition coefficient (Wildman–Crippen LogP) is 13.7. The Labute approximate surface area is 407 Å². The van der Waals surface area contributed by atoms with E-state index >= 15 is 0 Å². The molecule has 1 amide bonds. The number of amides is 1. The molecule has 346 valence electrons. The highest BCUT2D eigenvalue weighted by molar-refractivity contribution is 6.03. The summed E-state index contributed by atoms with van der Waals surface area (Å²) in [5, 5.41) is 3.00. The molecule has 2 aliphatic rings. The number of anilines is 1. The van der Waals surface area contributed by atoms with Gasteiger partial charge in [-0.1, -0.05) is 134 Å². The molecule has 0 spiro atoms. The predicted molar refractivity (Wildman–Crippen MR) is 286 cm³/mol. The van der Waals surface area contributed by atoms with Gasteiger partial charge in [0.1, 0.15) is 12.6 Å². The smallest absolute Gasteiger partial charge is 0.328 e. The van der Waals surface area contributed by atoms with Crippen LogP contribution in [0, 0.1) is 26.7 Å². The van der Waals surface area contributed by atoms with Crippen molar-refractivity contribution in [2.45, 2.75) is 53.7 Å². The lowest BCUT2D eigenvalue weighted by atomic mass is 9.98. The first-order valence-electron chi connectivity index (χ1n) is 23.7. The van der Waals surface area contributed by atoms with Crippen molar-refractivity contribution in [2.75, 3.05) is 5.73 Å². The number of fused-ring (bicyclic) bond motifs is 8. The van der Waals surface area contributed by atoms with Crippen LogP contribution in [0.15, 0.2) is 146 Å². The summed E-state index contributed by atoms with van der Waals surface area (Å²) in [4.78, 5) is 46.4. The number of nitrogens with one attached hydrogen (secondary N) is 3. The Kier molecular flexibility index (Phi) is 12.4. The Hall–Kier alpha value is -8.56. The Morgan fingerprint density at radius 1 is 0.557 bits per heavy atom. The number of carbonyl (C=O) groups excluding carboxylic acids is 2. The zero-order chi connectivity index (χ0) is 48.5. The molecule has 9 heteroatoms. The highest BCUT2D eigenvalue weighted by Crippen LogP contribution is 2.40. The van der Waals surface area contributed by atoms with Crippen molar-refractivity contribution in [3.05, 3.63) is 196 Å². The van der Waals surface area contributed by atoms with Crippen molar-refractivity contribution in [1.82, 2.24) is 25.3 Å². The minimum Gasteiger partial charge on any atom is -0.459 e. The number of nitrogen functional groups attached to an aromatic ring is 1. The summed E-state index contributed by atoms with van der Waals surface area (Å²) in [5.41, 5.74) is 25.6. The fraction of sp³-hybridized carbons (Fsp3) is 0.148. The molecule has 5 heterocycles. The van der Waals surface area contributed by atoms with Crippen LogP contribution in [0.3, 0.4) is 0 Å². The van der Waals surface area contributed by atoms with Gasteiger partial charge in [-0.05, 0) is 122 Å². The number of aromatic amines is 2. The molecule has 0 unspecified atom stereocenters. The number of esters is 1. The van der Waals surface area contributed by atoms with Crippen molar-refractivity contribution in [1.29, 1.82) is 0 Å². The maximum absolute atomic E-state index is 14.3. The Morgan fingerprint density at radius 2 is 0.986 bits per heavy atom. The molecule has 5 N–H and O–H groups in total. The van der Waals surface area contributed by atoms with Gasteiger partial charge in [0.25, 0.3) is 5.91 Å². The largest absolute Gasteiger partial charge is 0.459 e. The lowest BCUT2D eigenvalue weighted by Gasteiger charge is -2.20. The van der Waals surface area contributed by atoms with Crippen LogP contribution < -0.4 is 11.1 Å². The van der Waals surface area contributed by atoms with Crippen LogP contribution in [0.25, 0.3) is 90.9 Å². The second-order valence-corrected chi connectivity index (χ2v) is 18.7. The third kappa shape index (κ3) is 9.34. The molecule has 70 heavy (non-hydrogen) atoms. The molecular weight excluding hydrogens is 865 g/mol. The number of aryl methyl sites for hydroxylation is 3. The Balaban J connectivity index is 1.21. The number of ether oxygens (including phenoxy) is 1. The van der Waals surface area contributed by atoms with Crippen molar-refractivity contribution >= 4 is 63.9 Å². The minimum absolute atomic E-state index is 0.106. The maximum atomic E-state index is 14.3. The number of nitrogens with two attached hydrogens (primary N) is 1. The Bertz CT molecular complexity index is 3480. The van der Waals surface area contributed by atoms with Gasteiger partial charge in [-0.25, -0.2) is 14.8 Å². The van der Waals surface area contributed by atoms with Crippen molar-refractivity contribution < 1.29 is 14.3 Å². The molecule has 9 nitrogen and oxygen atoms in total. The summed E-state index contributed by atoms with van der Waals surface area (Å²) in [7, 11) is 0. The number of nitrogens with zero attached hydrogens (tertiary/aromatic N) is 2. The zero-order valence-corrected chi connectivity index (χ0v) is 39.9. The van der Waals surface area contributed by atoms with Crippen LogP contribution >= 0.6 is 0 Å². The third-order valence-corrected chi connectivity index (χ3v) is 12.9. The molecule has 0 saturated carbocycles. The molecule has 10 rings (SSSR count). The van der Waals surface area contributed by atoms with Gasteiger partial charge in [-0.2, -0.15) is 0 Å². The fourth-order valence-corrected chi connectivity index (χ4v) is 9.23. The molecule has 2 aliphatic heterocycles. The molecule has 8 bridgehead atoms. The molecule has 0 radical (unpaired) electrons. The number of hydrogen-bond donors (Lipinski definition) is 4. The first kappa shape index (κ1) is 45.2. The van der Waals surface area contributed by atoms with E-state index in [4.69, 9.17) is 20.4 Å². The fourth-order valence-electron chi connectivity index (χ4n) is 9.23. The number of H-pyrrole nitrogens is 2. The van der Waals surface area contributed by atoms with Gasteiger partial charge in [-0.15, -0.1) is 0 Å². The van der Waals surface area contributed by atoms with Gasteiger partial charge in [0.05, 0.1) is 22.8 Å². The van der Waals surface area contributed by atoms with Crippen molar-refractivity contribution in [2.24, 2.45) is 5.92 Å². The van der Waals surface area contributed by atoms with Crippen LogP contribution in [0.1, 0.15) is 75.7 Å². The van der Waals surface area contributed by atoms with Gasteiger partial charge >= 0.3 is 5.97 Å². The first-order chi connectivity index (χ1) is 33.9. The van der Waals surface area contributed by atoms with E-state index in [2.05, 4.69) is 139 Å². The standard InChI is InChI=1S/C61H54N6O3/c1-36(2)33-55(61(69)70-35-40-9-7-6-8-10-40)67-60(68)44-23-24-46(62)45(34-44)59-53-31-29-51(65-53)57(42-19-13-38(4)14-20-42)49-27-25-47(63-49)56(41-17-11-37(3)12-18-41)48-26-28-50(64-48)58(52-30-32-54(59)66-52)43-21-15-39(5)16-22-43/h6-32,34,36,55,63,66H,33,35,62H2,1-5H3,(H,67,68)/t55-/m0/s1. The number of rotatable bonds is 11. The van der Waals surface area contributed by atoms with E-state index in [1.165, 1.54) is 5.56 Å². The van der Waals surface area contributed by atoms with Crippen LogP contribution in [-0.4, -0.2) is 37.9 Å². The van der Waals surface area contributed by atoms with E-state index in [1.54, 1.807) is 18.2 Å². The summed E-state index contributed by atoms with van der Waals surface area (Å²) < 4.78 is 5.73. The number of hydrogen-bond acceptors (Lipinski definition) is 6. The monoisotopic (exact) mass is 918 g/mol. The van der Waals surface area contributed by atoms with Crippen LogP contribution in [0.4, 0.5) is 5.69 Å². The van der Waals surface area contributed by atoms with Crippen LogP contribution in [0.2, 0.25) is 0 Å². The average Bonchev–Trinajstić information content (AvgIpc) is 4.22. The average molecular weight is 919 g/mol. The van der Waals surface area contributed by atoms with E-state index in [0.717, 1.165) is 89.2 Å². The van der Waals surface area contributed by atoms with Gasteiger partial charge < -0.3 is 25.8 Å². The van der Waals surface area contributed by atoms with E-state index in [0.29, 0.717) is 34.5 Å². The van der Waals surface area contributed by atoms with Gasteiger partial charge in [0.2, 0.25) is 0 Å². The molecular formula is C61H54N6O3. The number of benzene rings is 5. The highest BCUT2D eigenvalue weighted by atomic mass is 16.5. The van der Waals surface area contributed by atoms with Gasteiger partial charge in [0, 0.05) is 61.1 Å². The summed E-state index contributed by atoms with van der Waals surface area (Å²) >= 11 is 0. The summed E-state index contributed by atoms with van der Waals surface area (Å²) in [6.07, 6.45) is 8.63. The molecule has 0 aliphatic carbocycles. The minimum atomic E-state index is -0.867. The SMILES string of the molecule is Cc1ccc(-c2c3nc(c(-c4ccc(C)cc4)c4ccc([nH]4)c(-c4cc(C(=O)N[C@@H](CC(C)C)C(=O)OCc5ccccc5)ccc4N)c4nc(c(-c5ccc(C)cc5)c5ccc2[nH]5)C=C4)C=C3)cc1. The van der Waals surface area contributed by atoms with Crippen molar-refractivity contribution in [3.63, 3.8) is 0 Å². The maximum Gasteiger partial charge on any atom is 0.328 e. The second kappa shape index (κ2) is 19.2. The molecule has 8 aromatic rings. The van der Waals surface area contributed by atoms with E-state index in [9.17, 15) is 9.59 Å². The van der Waals surface area contributed by atoms with E-state index < -0.39 is 17.9 Å². The van der Waals surface area contributed by atoms with Crippen LogP contribution in [-0.2, 0) is 16.1 Å². The second-order valence-electron chi connectivity index (χ2n) is 18.7. The normalized spacial score (nSPS) is 12.3. The first-order valence-corrected chi connectivity index (χ1v) is 23.7. The molecule has 0 fully saturated rings. The summed E-state index contributed by atoms with van der Waals surface area (Å²) in [6.45, 7) is 10.4. The van der Waals surface area contributed by atoms with Gasteiger partial charge in [0.15, 0.2) is 0 Å². The van der Waals surface area contributed by atoms with E-state index in [1.807, 2.05) is 62.4 Å².